The Kier molecular flexibility index (Phi) is 9.18. The summed E-state index contributed by atoms with van der Waals surface area (Å²) in [6.45, 7) is 9.19. The minimum absolute atomic E-state index is 0.0966. The summed E-state index contributed by atoms with van der Waals surface area (Å²) >= 11 is 6.35. The summed E-state index contributed by atoms with van der Waals surface area (Å²) in [6.07, 6.45) is 6.54. The maximum Gasteiger partial charge on any atom is 0.236 e. The summed E-state index contributed by atoms with van der Waals surface area (Å²) in [6, 6.07) is 3.89. The van der Waals surface area contributed by atoms with E-state index >= 15 is 0 Å². The highest BCUT2D eigenvalue weighted by Crippen LogP contribution is 2.36. The summed E-state index contributed by atoms with van der Waals surface area (Å²) < 4.78 is 6.33. The SMILES string of the molecule is Cc1cc(OC[C@]2(CC(=O)N3CCC(O)CC3)CCCN(C(=O)CN3CCCCC3)C2)cc(C)c1Cl. The van der Waals surface area contributed by atoms with Gasteiger partial charge < -0.3 is 19.6 Å². The number of nitrogens with zero attached hydrogens (tertiary/aromatic N) is 3. The number of ether oxygens (including phenoxy) is 1. The van der Waals surface area contributed by atoms with Gasteiger partial charge in [0.1, 0.15) is 5.75 Å². The lowest BCUT2D eigenvalue weighted by atomic mass is 9.77. The van der Waals surface area contributed by atoms with Gasteiger partial charge in [-0.15, -0.1) is 0 Å². The number of aliphatic hydroxyl groups is 1. The van der Waals surface area contributed by atoms with Crippen molar-refractivity contribution in [2.75, 3.05) is 52.4 Å². The van der Waals surface area contributed by atoms with Crippen LogP contribution < -0.4 is 4.74 Å². The fourth-order valence-corrected chi connectivity index (χ4v) is 6.03. The zero-order valence-electron chi connectivity index (χ0n) is 21.9. The Morgan fingerprint density at radius 1 is 0.972 bits per heavy atom. The van der Waals surface area contributed by atoms with Gasteiger partial charge in [-0.3, -0.25) is 14.5 Å². The minimum Gasteiger partial charge on any atom is -0.493 e. The number of hydrogen-bond donors (Lipinski definition) is 1. The molecule has 200 valence electrons. The fraction of sp³-hybridized carbons (Fsp3) is 0.714. The van der Waals surface area contributed by atoms with E-state index in [4.69, 9.17) is 16.3 Å². The van der Waals surface area contributed by atoms with Gasteiger partial charge in [0.25, 0.3) is 0 Å². The number of halogens is 1. The molecule has 0 saturated carbocycles. The molecule has 0 bridgehead atoms. The second-order valence-electron chi connectivity index (χ2n) is 11.2. The van der Waals surface area contributed by atoms with Crippen LogP contribution in [0, 0.1) is 19.3 Å². The summed E-state index contributed by atoms with van der Waals surface area (Å²) in [5.74, 6) is 1.01. The van der Waals surface area contributed by atoms with Gasteiger partial charge in [-0.1, -0.05) is 18.0 Å². The lowest BCUT2D eigenvalue weighted by molar-refractivity contribution is -0.143. The molecule has 0 radical (unpaired) electrons. The molecule has 4 rings (SSSR count). The molecule has 1 atom stereocenters. The van der Waals surface area contributed by atoms with Crippen molar-refractivity contribution in [3.63, 3.8) is 0 Å². The highest BCUT2D eigenvalue weighted by atomic mass is 35.5. The van der Waals surface area contributed by atoms with Crippen LogP contribution in [0.5, 0.6) is 5.75 Å². The third kappa shape index (κ3) is 6.93. The van der Waals surface area contributed by atoms with Gasteiger partial charge in [0.05, 0.1) is 19.3 Å². The Labute approximate surface area is 220 Å². The van der Waals surface area contributed by atoms with Crippen LogP contribution in [0.4, 0.5) is 0 Å². The molecule has 1 N–H and O–H groups in total. The van der Waals surface area contributed by atoms with Gasteiger partial charge in [0.2, 0.25) is 11.8 Å². The molecular formula is C28H42ClN3O4. The second kappa shape index (κ2) is 12.1. The van der Waals surface area contributed by atoms with Crippen LogP contribution in [0.15, 0.2) is 12.1 Å². The van der Waals surface area contributed by atoms with E-state index < -0.39 is 5.41 Å². The van der Waals surface area contributed by atoms with Crippen molar-refractivity contribution in [2.45, 2.75) is 71.3 Å². The average molecular weight is 520 g/mol. The zero-order valence-corrected chi connectivity index (χ0v) is 22.7. The number of rotatable bonds is 7. The van der Waals surface area contributed by atoms with Crippen molar-refractivity contribution in [3.05, 3.63) is 28.3 Å². The normalized spacial score (nSPS) is 24.1. The number of aliphatic hydroxyl groups excluding tert-OH is 1. The van der Waals surface area contributed by atoms with E-state index in [1.165, 1.54) is 6.42 Å². The van der Waals surface area contributed by atoms with Crippen LogP contribution in [0.25, 0.3) is 0 Å². The van der Waals surface area contributed by atoms with Crippen molar-refractivity contribution in [2.24, 2.45) is 5.41 Å². The van der Waals surface area contributed by atoms with Gasteiger partial charge in [-0.05, 0) is 88.7 Å². The largest absolute Gasteiger partial charge is 0.493 e. The first-order chi connectivity index (χ1) is 17.2. The van der Waals surface area contributed by atoms with Crippen LogP contribution in [0.3, 0.4) is 0 Å². The topological polar surface area (TPSA) is 73.3 Å². The molecule has 7 nitrogen and oxygen atoms in total. The molecule has 1 aromatic rings. The standard InChI is InChI=1S/C28H42ClN3O4/c1-21-15-24(16-22(2)27(21)29)36-20-28(17-25(34)31-13-7-23(33)8-14-31)9-6-12-32(19-28)26(35)18-30-10-4-3-5-11-30/h15-16,23,33H,3-14,17-20H2,1-2H3/t28-/m0/s1. The summed E-state index contributed by atoms with van der Waals surface area (Å²) in [5.41, 5.74) is 1.49. The molecule has 0 aliphatic carbocycles. The van der Waals surface area contributed by atoms with Crippen LogP contribution in [0.2, 0.25) is 5.02 Å². The summed E-state index contributed by atoms with van der Waals surface area (Å²) in [4.78, 5) is 32.8. The van der Waals surface area contributed by atoms with E-state index in [1.54, 1.807) is 0 Å². The van der Waals surface area contributed by atoms with E-state index in [2.05, 4.69) is 4.90 Å². The van der Waals surface area contributed by atoms with Crippen LogP contribution in [-0.2, 0) is 9.59 Å². The molecule has 0 spiro atoms. The van der Waals surface area contributed by atoms with Crippen LogP contribution >= 0.6 is 11.6 Å². The molecule has 3 aliphatic rings. The third-order valence-electron chi connectivity index (χ3n) is 8.12. The minimum atomic E-state index is -0.440. The number of aryl methyl sites for hydroxylation is 2. The number of likely N-dealkylation sites (tertiary alicyclic amines) is 3. The van der Waals surface area contributed by atoms with Crippen LogP contribution in [0.1, 0.15) is 62.5 Å². The Hall–Kier alpha value is -1.83. The lowest BCUT2D eigenvalue weighted by Crippen LogP contribution is -2.53. The van der Waals surface area contributed by atoms with E-state index in [9.17, 15) is 14.7 Å². The van der Waals surface area contributed by atoms with E-state index in [-0.39, 0.29) is 17.9 Å². The smallest absolute Gasteiger partial charge is 0.236 e. The number of amides is 2. The molecule has 3 heterocycles. The van der Waals surface area contributed by atoms with E-state index in [0.29, 0.717) is 52.0 Å². The highest BCUT2D eigenvalue weighted by molar-refractivity contribution is 6.32. The number of benzene rings is 1. The maximum atomic E-state index is 13.4. The lowest BCUT2D eigenvalue weighted by Gasteiger charge is -2.44. The van der Waals surface area contributed by atoms with Crippen molar-refractivity contribution in [1.82, 2.24) is 14.7 Å². The molecular weight excluding hydrogens is 478 g/mol. The second-order valence-corrected chi connectivity index (χ2v) is 11.6. The van der Waals surface area contributed by atoms with Crippen LogP contribution in [-0.4, -0.2) is 90.1 Å². The molecule has 3 saturated heterocycles. The van der Waals surface area contributed by atoms with Crippen molar-refractivity contribution in [1.29, 1.82) is 0 Å². The monoisotopic (exact) mass is 519 g/mol. The molecule has 3 aliphatic heterocycles. The zero-order chi connectivity index (χ0) is 25.7. The quantitative estimate of drug-likeness (QED) is 0.593. The molecule has 1 aromatic carbocycles. The number of carbonyl (C=O) groups excluding carboxylic acids is 2. The molecule has 8 heteroatoms. The van der Waals surface area contributed by atoms with E-state index in [1.807, 2.05) is 35.8 Å². The van der Waals surface area contributed by atoms with Crippen molar-refractivity contribution >= 4 is 23.4 Å². The number of hydrogen-bond acceptors (Lipinski definition) is 5. The average Bonchev–Trinajstić information content (AvgIpc) is 2.87. The molecule has 36 heavy (non-hydrogen) atoms. The Morgan fingerprint density at radius 2 is 1.64 bits per heavy atom. The third-order valence-corrected chi connectivity index (χ3v) is 8.72. The predicted molar refractivity (Wildman–Crippen MR) is 141 cm³/mol. The Bertz CT molecular complexity index is 904. The van der Waals surface area contributed by atoms with Crippen molar-refractivity contribution in [3.8, 4) is 5.75 Å². The number of carbonyl (C=O) groups is 2. The molecule has 0 aromatic heterocycles. The fourth-order valence-electron chi connectivity index (χ4n) is 5.92. The Balaban J connectivity index is 1.48. The molecule has 2 amide bonds. The Morgan fingerprint density at radius 3 is 2.31 bits per heavy atom. The van der Waals surface area contributed by atoms with E-state index in [0.717, 1.165) is 67.2 Å². The summed E-state index contributed by atoms with van der Waals surface area (Å²) in [5, 5.41) is 10.6. The van der Waals surface area contributed by atoms with Gasteiger partial charge in [-0.2, -0.15) is 0 Å². The van der Waals surface area contributed by atoms with Crippen molar-refractivity contribution < 1.29 is 19.4 Å². The highest BCUT2D eigenvalue weighted by Gasteiger charge is 2.41. The predicted octanol–water partition coefficient (Wildman–Crippen LogP) is 3.80. The molecule has 0 unspecified atom stereocenters. The summed E-state index contributed by atoms with van der Waals surface area (Å²) in [7, 11) is 0. The molecule has 3 fully saturated rings. The van der Waals surface area contributed by atoms with Gasteiger partial charge in [0, 0.05) is 43.0 Å². The van der Waals surface area contributed by atoms with Gasteiger partial charge in [0.15, 0.2) is 0 Å². The first-order valence-corrected chi connectivity index (χ1v) is 14.0. The first kappa shape index (κ1) is 27.2. The van der Waals surface area contributed by atoms with Gasteiger partial charge in [-0.25, -0.2) is 0 Å². The first-order valence-electron chi connectivity index (χ1n) is 13.6. The maximum absolute atomic E-state index is 13.4. The number of piperidine rings is 3. The van der Waals surface area contributed by atoms with Gasteiger partial charge >= 0.3 is 0 Å².